The fraction of sp³-hybridized carbons (Fsp3) is 0.467. The quantitative estimate of drug-likeness (QED) is 0.906. The summed E-state index contributed by atoms with van der Waals surface area (Å²) in [4.78, 5) is 24.6. The second-order valence-corrected chi connectivity index (χ2v) is 5.07. The van der Waals surface area contributed by atoms with Gasteiger partial charge in [-0.25, -0.2) is 0 Å². The summed E-state index contributed by atoms with van der Waals surface area (Å²) in [6.07, 6.45) is 1.08. The molecule has 1 fully saturated rings. The van der Waals surface area contributed by atoms with E-state index >= 15 is 0 Å². The van der Waals surface area contributed by atoms with Crippen LogP contribution in [0, 0.1) is 5.92 Å². The molecule has 1 atom stereocenters. The number of piperidine rings is 1. The average Bonchev–Trinajstić information content (AvgIpc) is 2.40. The predicted molar refractivity (Wildman–Crippen MR) is 79.0 cm³/mol. The van der Waals surface area contributed by atoms with Crippen LogP contribution in [-0.4, -0.2) is 34.8 Å². The molecule has 110 valence electrons. The number of nitrogens with zero attached hydrogens (tertiary/aromatic N) is 1. The van der Waals surface area contributed by atoms with Crippen molar-refractivity contribution in [2.45, 2.75) is 25.8 Å². The number of aliphatic carboxylic acids is 1. The molecule has 0 spiro atoms. The summed E-state index contributed by atoms with van der Waals surface area (Å²) < 4.78 is 0. The number of ketones is 1. The van der Waals surface area contributed by atoms with Gasteiger partial charge in [0.2, 0.25) is 0 Å². The third-order valence-electron chi connectivity index (χ3n) is 3.56. The number of halogens is 1. The lowest BCUT2D eigenvalue weighted by molar-refractivity contribution is -0.137. The minimum atomic E-state index is -0.826. The lowest BCUT2D eigenvalue weighted by atomic mass is 9.92. The predicted octanol–water partition coefficient (Wildman–Crippen LogP) is 2.36. The number of rotatable bonds is 5. The fourth-order valence-corrected chi connectivity index (χ4v) is 2.51. The van der Waals surface area contributed by atoms with Crippen LogP contribution in [-0.2, 0) is 16.1 Å². The Morgan fingerprint density at radius 1 is 1.30 bits per heavy atom. The Bertz CT molecular complexity index is 450. The van der Waals surface area contributed by atoms with Crippen molar-refractivity contribution in [3.63, 3.8) is 0 Å². The molecule has 0 bridgehead atoms. The zero-order chi connectivity index (χ0) is 13.7. The number of carbonyl (C=O) groups is 2. The van der Waals surface area contributed by atoms with E-state index < -0.39 is 5.97 Å². The molecule has 1 aliphatic heterocycles. The minimum Gasteiger partial charge on any atom is -0.481 e. The molecule has 2 rings (SSSR count). The van der Waals surface area contributed by atoms with Gasteiger partial charge in [0.1, 0.15) is 5.78 Å². The molecular formula is C15H20ClNO3. The van der Waals surface area contributed by atoms with Gasteiger partial charge >= 0.3 is 5.97 Å². The van der Waals surface area contributed by atoms with Gasteiger partial charge in [-0.2, -0.15) is 0 Å². The highest BCUT2D eigenvalue weighted by Crippen LogP contribution is 2.19. The molecule has 5 heteroatoms. The van der Waals surface area contributed by atoms with Gasteiger partial charge in [0, 0.05) is 38.4 Å². The second kappa shape index (κ2) is 8.02. The van der Waals surface area contributed by atoms with Gasteiger partial charge in [0.05, 0.1) is 0 Å². The molecular weight excluding hydrogens is 278 g/mol. The van der Waals surface area contributed by atoms with Crippen LogP contribution in [0.5, 0.6) is 0 Å². The van der Waals surface area contributed by atoms with Crippen LogP contribution >= 0.6 is 12.4 Å². The van der Waals surface area contributed by atoms with Crippen molar-refractivity contribution in [1.29, 1.82) is 0 Å². The standard InChI is InChI=1S/C15H19NO3.ClH/c17-14-8-9-16(10-12-4-2-1-3-5-12)11-13(14)6-7-15(18)19;/h1-5,13H,6-11H2,(H,18,19);1H. The highest BCUT2D eigenvalue weighted by molar-refractivity contribution is 5.85. The topological polar surface area (TPSA) is 57.6 Å². The van der Waals surface area contributed by atoms with E-state index in [-0.39, 0.29) is 30.5 Å². The number of benzene rings is 1. The second-order valence-electron chi connectivity index (χ2n) is 5.07. The van der Waals surface area contributed by atoms with E-state index in [9.17, 15) is 9.59 Å². The summed E-state index contributed by atoms with van der Waals surface area (Å²) in [7, 11) is 0. The molecule has 0 saturated carbocycles. The number of carbonyl (C=O) groups excluding carboxylic acids is 1. The smallest absolute Gasteiger partial charge is 0.303 e. The molecule has 0 aromatic heterocycles. The van der Waals surface area contributed by atoms with E-state index in [0.717, 1.165) is 13.1 Å². The number of hydrogen-bond donors (Lipinski definition) is 1. The summed E-state index contributed by atoms with van der Waals surface area (Å²) in [6.45, 7) is 2.29. The summed E-state index contributed by atoms with van der Waals surface area (Å²) in [5.74, 6) is -0.730. The minimum absolute atomic E-state index is 0. The van der Waals surface area contributed by atoms with Gasteiger partial charge in [-0.1, -0.05) is 30.3 Å². The maximum Gasteiger partial charge on any atom is 0.303 e. The molecule has 1 aliphatic rings. The molecule has 1 N–H and O–H groups in total. The van der Waals surface area contributed by atoms with Gasteiger partial charge in [0.15, 0.2) is 0 Å². The van der Waals surface area contributed by atoms with Gasteiger partial charge in [-0.3, -0.25) is 14.5 Å². The van der Waals surface area contributed by atoms with Crippen LogP contribution < -0.4 is 0 Å². The van der Waals surface area contributed by atoms with Gasteiger partial charge in [-0.15, -0.1) is 12.4 Å². The van der Waals surface area contributed by atoms with Crippen molar-refractivity contribution in [3.8, 4) is 0 Å². The maximum atomic E-state index is 11.8. The van der Waals surface area contributed by atoms with Gasteiger partial charge in [-0.05, 0) is 12.0 Å². The third-order valence-corrected chi connectivity index (χ3v) is 3.56. The zero-order valence-corrected chi connectivity index (χ0v) is 12.1. The van der Waals surface area contributed by atoms with E-state index in [1.807, 2.05) is 18.2 Å². The first kappa shape index (κ1) is 16.7. The van der Waals surface area contributed by atoms with E-state index in [4.69, 9.17) is 5.11 Å². The van der Waals surface area contributed by atoms with Crippen LogP contribution in [0.3, 0.4) is 0 Å². The summed E-state index contributed by atoms with van der Waals surface area (Å²) >= 11 is 0. The zero-order valence-electron chi connectivity index (χ0n) is 11.3. The van der Waals surface area contributed by atoms with Crippen molar-refractivity contribution >= 4 is 24.2 Å². The summed E-state index contributed by atoms with van der Waals surface area (Å²) in [5, 5.41) is 8.71. The van der Waals surface area contributed by atoms with Gasteiger partial charge < -0.3 is 5.11 Å². The maximum absolute atomic E-state index is 11.8. The molecule has 1 unspecified atom stereocenters. The molecule has 0 aliphatic carbocycles. The highest BCUT2D eigenvalue weighted by atomic mass is 35.5. The Morgan fingerprint density at radius 3 is 2.65 bits per heavy atom. The van der Waals surface area contributed by atoms with Gasteiger partial charge in [0.25, 0.3) is 0 Å². The SMILES string of the molecule is Cl.O=C(O)CCC1CN(Cc2ccccc2)CCC1=O. The van der Waals surface area contributed by atoms with Crippen LogP contribution in [0.4, 0.5) is 0 Å². The average molecular weight is 298 g/mol. The molecule has 1 heterocycles. The van der Waals surface area contributed by atoms with E-state index in [1.165, 1.54) is 5.56 Å². The van der Waals surface area contributed by atoms with Crippen LogP contribution in [0.1, 0.15) is 24.8 Å². The van der Waals surface area contributed by atoms with E-state index in [0.29, 0.717) is 19.4 Å². The number of carboxylic acid groups (broad SMARTS) is 1. The molecule has 20 heavy (non-hydrogen) atoms. The van der Waals surface area contributed by atoms with Crippen LogP contribution in [0.25, 0.3) is 0 Å². The van der Waals surface area contributed by atoms with E-state index in [2.05, 4.69) is 17.0 Å². The molecule has 4 nitrogen and oxygen atoms in total. The van der Waals surface area contributed by atoms with Crippen LogP contribution in [0.2, 0.25) is 0 Å². The normalized spacial score (nSPS) is 19.4. The Labute approximate surface area is 125 Å². The number of hydrogen-bond acceptors (Lipinski definition) is 3. The third kappa shape index (κ3) is 4.94. The first-order valence-electron chi connectivity index (χ1n) is 6.66. The number of likely N-dealkylation sites (tertiary alicyclic amines) is 1. The molecule has 1 aromatic rings. The Hall–Kier alpha value is -1.39. The van der Waals surface area contributed by atoms with Crippen molar-refractivity contribution in [2.75, 3.05) is 13.1 Å². The van der Waals surface area contributed by atoms with E-state index in [1.54, 1.807) is 0 Å². The fourth-order valence-electron chi connectivity index (χ4n) is 2.51. The Morgan fingerprint density at radius 2 is 2.00 bits per heavy atom. The first-order chi connectivity index (χ1) is 9.15. The van der Waals surface area contributed by atoms with Crippen LogP contribution in [0.15, 0.2) is 30.3 Å². The van der Waals surface area contributed by atoms with Crippen molar-refractivity contribution in [3.05, 3.63) is 35.9 Å². The number of carboxylic acids is 1. The lowest BCUT2D eigenvalue weighted by Gasteiger charge is -2.31. The number of Topliss-reactive ketones (excluding diaryl/α,β-unsaturated/α-hetero) is 1. The molecule has 0 amide bonds. The first-order valence-corrected chi connectivity index (χ1v) is 6.66. The summed E-state index contributed by atoms with van der Waals surface area (Å²) in [6, 6.07) is 10.1. The lowest BCUT2D eigenvalue weighted by Crippen LogP contribution is -2.40. The Kier molecular flexibility index (Phi) is 6.68. The van der Waals surface area contributed by atoms with Crippen molar-refractivity contribution < 1.29 is 14.7 Å². The summed E-state index contributed by atoms with van der Waals surface area (Å²) in [5.41, 5.74) is 1.23. The molecule has 1 aromatic carbocycles. The largest absolute Gasteiger partial charge is 0.481 e. The molecule has 0 radical (unpaired) electrons. The molecule has 1 saturated heterocycles. The Balaban J connectivity index is 0.00000200. The van der Waals surface area contributed by atoms with Crippen molar-refractivity contribution in [1.82, 2.24) is 4.90 Å². The van der Waals surface area contributed by atoms with Crippen molar-refractivity contribution in [2.24, 2.45) is 5.92 Å². The highest BCUT2D eigenvalue weighted by Gasteiger charge is 2.27. The monoisotopic (exact) mass is 297 g/mol.